The molecule has 0 amide bonds. The van der Waals surface area contributed by atoms with Crippen molar-refractivity contribution in [2.45, 2.75) is 32.2 Å². The molecule has 2 nitrogen and oxygen atoms in total. The van der Waals surface area contributed by atoms with E-state index in [1.807, 2.05) is 43.0 Å². The fourth-order valence-corrected chi connectivity index (χ4v) is 1.96. The summed E-state index contributed by atoms with van der Waals surface area (Å²) in [6.07, 6.45) is -0.821. The maximum atomic E-state index is 13.5. The van der Waals surface area contributed by atoms with Crippen LogP contribution in [0, 0.1) is 0 Å². The van der Waals surface area contributed by atoms with Crippen LogP contribution in [-0.4, -0.2) is 24.3 Å². The molecule has 1 fully saturated rings. The van der Waals surface area contributed by atoms with Crippen molar-refractivity contribution in [2.24, 2.45) is 0 Å². The van der Waals surface area contributed by atoms with Gasteiger partial charge in [0.05, 0.1) is 13.2 Å². The van der Waals surface area contributed by atoms with Gasteiger partial charge < -0.3 is 4.74 Å². The lowest BCUT2D eigenvalue weighted by molar-refractivity contribution is 0.308. The first-order chi connectivity index (χ1) is 7.15. The second-order valence-electron chi connectivity index (χ2n) is 4.13. The van der Waals surface area contributed by atoms with Gasteiger partial charge in [-0.25, -0.2) is 4.39 Å². The van der Waals surface area contributed by atoms with E-state index in [1.54, 1.807) is 7.11 Å². The Hall–Kier alpha value is -1.09. The highest BCUT2D eigenvalue weighted by atomic mass is 19.1. The third-order valence-electron chi connectivity index (χ3n) is 2.83. The van der Waals surface area contributed by atoms with Crippen molar-refractivity contribution in [3.8, 4) is 5.75 Å². The lowest BCUT2D eigenvalue weighted by Crippen LogP contribution is -2.10. The second kappa shape index (κ2) is 3.81. The van der Waals surface area contributed by atoms with Crippen LogP contribution < -0.4 is 4.74 Å². The van der Waals surface area contributed by atoms with Gasteiger partial charge in [-0.2, -0.15) is 0 Å². The Bertz CT molecular complexity index is 336. The average Bonchev–Trinajstić information content (AvgIpc) is 2.90. The molecule has 2 rings (SSSR count). The van der Waals surface area contributed by atoms with Gasteiger partial charge in [0.1, 0.15) is 5.75 Å². The zero-order chi connectivity index (χ0) is 11.0. The minimum atomic E-state index is -0.821. The van der Waals surface area contributed by atoms with Crippen LogP contribution in [0.25, 0.3) is 0 Å². The van der Waals surface area contributed by atoms with Crippen molar-refractivity contribution in [3.63, 3.8) is 0 Å². The van der Waals surface area contributed by atoms with Gasteiger partial charge in [0.25, 0.3) is 0 Å². The number of ether oxygens (including phenoxy) is 1. The maximum absolute atomic E-state index is 13.5. The van der Waals surface area contributed by atoms with Gasteiger partial charge in [-0.05, 0) is 31.5 Å². The van der Waals surface area contributed by atoms with Gasteiger partial charge in [0.2, 0.25) is 0 Å². The minimum absolute atomic E-state index is 0.0593. The van der Waals surface area contributed by atoms with Crippen LogP contribution in [0.15, 0.2) is 24.3 Å². The molecule has 15 heavy (non-hydrogen) atoms. The van der Waals surface area contributed by atoms with Crippen LogP contribution in [0.3, 0.4) is 0 Å². The van der Waals surface area contributed by atoms with E-state index in [9.17, 15) is 4.39 Å². The van der Waals surface area contributed by atoms with Crippen molar-refractivity contribution in [1.29, 1.82) is 0 Å². The summed E-state index contributed by atoms with van der Waals surface area (Å²) >= 11 is 0. The zero-order valence-corrected chi connectivity index (χ0v) is 9.27. The van der Waals surface area contributed by atoms with Crippen LogP contribution in [0.2, 0.25) is 0 Å². The van der Waals surface area contributed by atoms with Gasteiger partial charge in [0, 0.05) is 6.04 Å². The standard InChI is InChI=1S/C12H16FNO/c1-8(2)14-11(12(14)13)9-4-6-10(15-3)7-5-9/h4-8,11-12H,1-3H3/t11-,12-,14?/m1/s1. The zero-order valence-electron chi connectivity index (χ0n) is 9.27. The van der Waals surface area contributed by atoms with Gasteiger partial charge in [0.15, 0.2) is 6.30 Å². The van der Waals surface area contributed by atoms with Crippen LogP contribution in [0.1, 0.15) is 25.5 Å². The summed E-state index contributed by atoms with van der Waals surface area (Å²) in [7, 11) is 1.63. The number of alkyl halides is 1. The average molecular weight is 209 g/mol. The van der Waals surface area contributed by atoms with E-state index in [0.717, 1.165) is 11.3 Å². The molecule has 1 aromatic carbocycles. The Balaban J connectivity index is 2.11. The maximum Gasteiger partial charge on any atom is 0.174 e. The molecule has 82 valence electrons. The predicted octanol–water partition coefficient (Wildman–Crippen LogP) is 2.76. The predicted molar refractivity (Wildman–Crippen MR) is 57.6 cm³/mol. The van der Waals surface area contributed by atoms with Gasteiger partial charge in [-0.3, -0.25) is 4.90 Å². The number of benzene rings is 1. The van der Waals surface area contributed by atoms with E-state index in [4.69, 9.17) is 4.74 Å². The molecular formula is C12H16FNO. The fraction of sp³-hybridized carbons (Fsp3) is 0.500. The first-order valence-corrected chi connectivity index (χ1v) is 5.20. The van der Waals surface area contributed by atoms with Crippen LogP contribution >= 0.6 is 0 Å². The summed E-state index contributed by atoms with van der Waals surface area (Å²) < 4.78 is 18.5. The summed E-state index contributed by atoms with van der Waals surface area (Å²) in [5, 5.41) is 0. The van der Waals surface area contributed by atoms with Crippen molar-refractivity contribution in [1.82, 2.24) is 4.90 Å². The highest BCUT2D eigenvalue weighted by molar-refractivity contribution is 5.32. The molecule has 0 bridgehead atoms. The Kier molecular flexibility index (Phi) is 2.65. The fourth-order valence-electron chi connectivity index (χ4n) is 1.96. The molecule has 1 heterocycles. The normalized spacial score (nSPS) is 29.3. The molecule has 1 unspecified atom stereocenters. The molecule has 1 saturated heterocycles. The number of halogens is 1. The third kappa shape index (κ3) is 1.84. The van der Waals surface area contributed by atoms with E-state index in [1.165, 1.54) is 0 Å². The van der Waals surface area contributed by atoms with Crippen LogP contribution in [0.5, 0.6) is 5.75 Å². The van der Waals surface area contributed by atoms with Crippen molar-refractivity contribution in [3.05, 3.63) is 29.8 Å². The third-order valence-corrected chi connectivity index (χ3v) is 2.83. The number of hydrogen-bond donors (Lipinski definition) is 0. The minimum Gasteiger partial charge on any atom is -0.497 e. The summed E-state index contributed by atoms with van der Waals surface area (Å²) in [6, 6.07) is 7.80. The van der Waals surface area contributed by atoms with Gasteiger partial charge in [-0.15, -0.1) is 0 Å². The smallest absolute Gasteiger partial charge is 0.174 e. The summed E-state index contributed by atoms with van der Waals surface area (Å²) in [5.41, 5.74) is 1.03. The quantitative estimate of drug-likeness (QED) is 0.560. The Morgan fingerprint density at radius 3 is 2.27 bits per heavy atom. The van der Waals surface area contributed by atoms with Crippen LogP contribution in [0.4, 0.5) is 4.39 Å². The number of methoxy groups -OCH3 is 1. The highest BCUT2D eigenvalue weighted by Gasteiger charge is 2.50. The van der Waals surface area contributed by atoms with E-state index in [2.05, 4.69) is 0 Å². The molecule has 0 radical (unpaired) electrons. The molecule has 0 saturated carbocycles. The molecule has 0 aliphatic carbocycles. The van der Waals surface area contributed by atoms with E-state index in [-0.39, 0.29) is 12.1 Å². The largest absolute Gasteiger partial charge is 0.497 e. The molecule has 1 aliphatic rings. The van der Waals surface area contributed by atoms with E-state index < -0.39 is 6.30 Å². The molecule has 3 heteroatoms. The first-order valence-electron chi connectivity index (χ1n) is 5.20. The summed E-state index contributed by atoms with van der Waals surface area (Å²) in [5.74, 6) is 0.811. The lowest BCUT2D eigenvalue weighted by Gasteiger charge is -2.06. The Labute approximate surface area is 89.7 Å². The van der Waals surface area contributed by atoms with Crippen molar-refractivity contribution in [2.75, 3.05) is 7.11 Å². The highest BCUT2D eigenvalue weighted by Crippen LogP contribution is 2.45. The molecule has 1 aliphatic heterocycles. The van der Waals surface area contributed by atoms with Gasteiger partial charge >= 0.3 is 0 Å². The van der Waals surface area contributed by atoms with Crippen molar-refractivity contribution >= 4 is 0 Å². The van der Waals surface area contributed by atoms with Crippen molar-refractivity contribution < 1.29 is 9.13 Å². The molecule has 0 aromatic heterocycles. The molecular weight excluding hydrogens is 193 g/mol. The summed E-state index contributed by atoms with van der Waals surface area (Å²) in [4.78, 5) is 1.85. The van der Waals surface area contributed by atoms with E-state index >= 15 is 0 Å². The molecule has 1 aromatic rings. The molecule has 0 spiro atoms. The first kappa shape index (κ1) is 10.4. The lowest BCUT2D eigenvalue weighted by atomic mass is 10.1. The number of hydrogen-bond acceptors (Lipinski definition) is 2. The number of nitrogens with zero attached hydrogens (tertiary/aromatic N) is 1. The van der Waals surface area contributed by atoms with Crippen LogP contribution in [-0.2, 0) is 0 Å². The SMILES string of the molecule is COc1ccc([C@@H]2[C@H](F)N2C(C)C)cc1. The van der Waals surface area contributed by atoms with E-state index in [0.29, 0.717) is 0 Å². The topological polar surface area (TPSA) is 12.2 Å². The second-order valence-corrected chi connectivity index (χ2v) is 4.13. The Morgan fingerprint density at radius 1 is 1.27 bits per heavy atom. The number of rotatable bonds is 3. The van der Waals surface area contributed by atoms with Gasteiger partial charge in [-0.1, -0.05) is 12.1 Å². The molecule has 3 atom stereocenters. The Morgan fingerprint density at radius 2 is 1.87 bits per heavy atom. The summed E-state index contributed by atoms with van der Waals surface area (Å²) in [6.45, 7) is 4.02. The monoisotopic (exact) mass is 209 g/mol. The molecule has 0 N–H and O–H groups in total.